The van der Waals surface area contributed by atoms with E-state index >= 15 is 0 Å². The quantitative estimate of drug-likeness (QED) is 0.581. The second-order valence-corrected chi connectivity index (χ2v) is 6.95. The van der Waals surface area contributed by atoms with Crippen LogP contribution >= 0.6 is 11.6 Å². The summed E-state index contributed by atoms with van der Waals surface area (Å²) in [5.74, 6) is 0.243. The van der Waals surface area contributed by atoms with Crippen molar-refractivity contribution in [2.45, 2.75) is 6.23 Å². The minimum atomic E-state index is -0.976. The molecule has 0 N–H and O–H groups in total. The van der Waals surface area contributed by atoms with E-state index in [1.807, 2.05) is 0 Å². The topological polar surface area (TPSA) is 65.1 Å². The molecule has 0 saturated heterocycles. The van der Waals surface area contributed by atoms with E-state index in [1.54, 1.807) is 66.7 Å². The highest BCUT2D eigenvalue weighted by Crippen LogP contribution is 2.41. The number of hydrogen-bond acceptors (Lipinski definition) is 5. The number of para-hydroxylation sites is 1. The van der Waals surface area contributed by atoms with Gasteiger partial charge in [-0.05, 0) is 42.5 Å². The number of benzene rings is 3. The molecule has 5 rings (SSSR count). The molecule has 2 aliphatic heterocycles. The largest absolute Gasteiger partial charge is 0.454 e. The Hall–Kier alpha value is -3.51. The zero-order valence-corrected chi connectivity index (χ0v) is 15.8. The van der Waals surface area contributed by atoms with Crippen LogP contribution < -0.4 is 14.4 Å². The van der Waals surface area contributed by atoms with Gasteiger partial charge >= 0.3 is 5.97 Å². The zero-order chi connectivity index (χ0) is 20.0. The number of halogens is 1. The van der Waals surface area contributed by atoms with Gasteiger partial charge in [0.05, 0.1) is 21.8 Å². The molecular weight excluding hydrogens is 394 g/mol. The number of hydrogen-bond donors (Lipinski definition) is 0. The highest BCUT2D eigenvalue weighted by atomic mass is 35.5. The molecule has 1 unspecified atom stereocenters. The third-order valence-corrected chi connectivity index (χ3v) is 5.17. The van der Waals surface area contributed by atoms with E-state index in [4.69, 9.17) is 25.8 Å². The van der Waals surface area contributed by atoms with Crippen LogP contribution in [0, 0.1) is 0 Å². The summed E-state index contributed by atoms with van der Waals surface area (Å²) >= 11 is 6.27. The fourth-order valence-corrected chi connectivity index (χ4v) is 3.68. The Bertz CT molecular complexity index is 1150. The molecule has 7 heteroatoms. The molecule has 0 aliphatic carbocycles. The molecule has 6 nitrogen and oxygen atoms in total. The van der Waals surface area contributed by atoms with Crippen LogP contribution in [0.2, 0.25) is 5.02 Å². The lowest BCUT2D eigenvalue weighted by Gasteiger charge is -2.36. The van der Waals surface area contributed by atoms with Crippen LogP contribution in [-0.4, -0.2) is 18.7 Å². The Labute approximate surface area is 171 Å². The SMILES string of the molecule is O=C1OC(c2ccc3c(c2)OCO3)N(C(=O)c2ccccc2Cl)c2ccccc21. The zero-order valence-electron chi connectivity index (χ0n) is 15.0. The molecule has 0 saturated carbocycles. The summed E-state index contributed by atoms with van der Waals surface area (Å²) in [5.41, 5.74) is 1.66. The van der Waals surface area contributed by atoms with Crippen LogP contribution in [0.1, 0.15) is 32.5 Å². The molecule has 0 spiro atoms. The van der Waals surface area contributed by atoms with Crippen molar-refractivity contribution in [3.8, 4) is 11.5 Å². The van der Waals surface area contributed by atoms with Crippen LogP contribution in [0.15, 0.2) is 66.7 Å². The van der Waals surface area contributed by atoms with Crippen LogP contribution in [0.5, 0.6) is 11.5 Å². The van der Waals surface area contributed by atoms with Crippen LogP contribution in [0.4, 0.5) is 5.69 Å². The molecule has 3 aromatic rings. The first-order valence-electron chi connectivity index (χ1n) is 8.91. The fraction of sp³-hybridized carbons (Fsp3) is 0.0909. The number of cyclic esters (lactones) is 1. The van der Waals surface area contributed by atoms with Gasteiger partial charge in [-0.2, -0.15) is 0 Å². The lowest BCUT2D eigenvalue weighted by molar-refractivity contribution is 0.0248. The maximum Gasteiger partial charge on any atom is 0.342 e. The Morgan fingerprint density at radius 3 is 2.59 bits per heavy atom. The van der Waals surface area contributed by atoms with E-state index in [9.17, 15) is 9.59 Å². The Morgan fingerprint density at radius 1 is 0.966 bits per heavy atom. The Morgan fingerprint density at radius 2 is 1.72 bits per heavy atom. The van der Waals surface area contributed by atoms with Gasteiger partial charge in [0.15, 0.2) is 11.5 Å². The maximum atomic E-state index is 13.5. The van der Waals surface area contributed by atoms with Crippen molar-refractivity contribution in [2.24, 2.45) is 0 Å². The summed E-state index contributed by atoms with van der Waals surface area (Å²) in [5, 5.41) is 0.316. The minimum Gasteiger partial charge on any atom is -0.454 e. The molecule has 29 heavy (non-hydrogen) atoms. The summed E-state index contributed by atoms with van der Waals surface area (Å²) in [7, 11) is 0. The normalized spacial score (nSPS) is 16.9. The lowest BCUT2D eigenvalue weighted by atomic mass is 10.0. The molecule has 2 heterocycles. The van der Waals surface area contributed by atoms with E-state index in [0.29, 0.717) is 38.9 Å². The number of carbonyl (C=O) groups excluding carboxylic acids is 2. The average Bonchev–Trinajstić information content (AvgIpc) is 3.21. The van der Waals surface area contributed by atoms with Crippen molar-refractivity contribution in [3.05, 3.63) is 88.4 Å². The molecule has 0 bridgehead atoms. The van der Waals surface area contributed by atoms with E-state index < -0.39 is 12.2 Å². The van der Waals surface area contributed by atoms with E-state index in [1.165, 1.54) is 4.90 Å². The molecule has 0 fully saturated rings. The number of fused-ring (bicyclic) bond motifs is 2. The number of anilines is 1. The third kappa shape index (κ3) is 2.89. The van der Waals surface area contributed by atoms with Crippen molar-refractivity contribution >= 4 is 29.2 Å². The van der Waals surface area contributed by atoms with Crippen molar-refractivity contribution in [3.63, 3.8) is 0 Å². The smallest absolute Gasteiger partial charge is 0.342 e. The summed E-state index contributed by atoms with van der Waals surface area (Å²) in [6.45, 7) is 0.119. The van der Waals surface area contributed by atoms with Crippen LogP contribution in [-0.2, 0) is 4.74 Å². The third-order valence-electron chi connectivity index (χ3n) is 4.84. The molecular formula is C22H14ClNO5. The molecule has 3 aromatic carbocycles. The van der Waals surface area contributed by atoms with Crippen molar-refractivity contribution in [1.82, 2.24) is 0 Å². The van der Waals surface area contributed by atoms with Crippen molar-refractivity contribution in [2.75, 3.05) is 11.7 Å². The highest BCUT2D eigenvalue weighted by molar-refractivity contribution is 6.34. The van der Waals surface area contributed by atoms with Gasteiger partial charge in [-0.15, -0.1) is 0 Å². The first-order chi connectivity index (χ1) is 14.1. The number of rotatable bonds is 2. The predicted molar refractivity (Wildman–Crippen MR) is 105 cm³/mol. The molecule has 0 aromatic heterocycles. The monoisotopic (exact) mass is 407 g/mol. The first kappa shape index (κ1) is 17.6. The van der Waals surface area contributed by atoms with E-state index in [-0.39, 0.29) is 12.7 Å². The Kier molecular flexibility index (Phi) is 4.14. The van der Waals surface area contributed by atoms with Gasteiger partial charge < -0.3 is 14.2 Å². The van der Waals surface area contributed by atoms with Gasteiger partial charge in [0, 0.05) is 5.56 Å². The fourth-order valence-electron chi connectivity index (χ4n) is 3.46. The number of carbonyl (C=O) groups is 2. The molecule has 1 atom stereocenters. The molecule has 2 aliphatic rings. The van der Waals surface area contributed by atoms with Crippen molar-refractivity contribution < 1.29 is 23.8 Å². The maximum absolute atomic E-state index is 13.5. The highest BCUT2D eigenvalue weighted by Gasteiger charge is 2.39. The van der Waals surface area contributed by atoms with Crippen LogP contribution in [0.25, 0.3) is 0 Å². The number of amides is 1. The number of nitrogens with zero attached hydrogens (tertiary/aromatic N) is 1. The predicted octanol–water partition coefficient (Wildman–Crippen LogP) is 4.58. The molecule has 0 radical (unpaired) electrons. The van der Waals surface area contributed by atoms with Gasteiger partial charge in [-0.1, -0.05) is 35.9 Å². The standard InChI is InChI=1S/C22H14ClNO5/c23-16-7-3-1-5-14(16)20(25)24-17-8-4-2-6-15(17)22(26)29-21(24)13-9-10-18-19(11-13)28-12-27-18/h1-11,21H,12H2. The molecule has 1 amide bonds. The van der Waals surface area contributed by atoms with Gasteiger partial charge in [0.25, 0.3) is 5.91 Å². The number of ether oxygens (including phenoxy) is 3. The van der Waals surface area contributed by atoms with Crippen LogP contribution in [0.3, 0.4) is 0 Å². The van der Waals surface area contributed by atoms with E-state index in [0.717, 1.165) is 0 Å². The van der Waals surface area contributed by atoms with Gasteiger partial charge in [0.1, 0.15) is 0 Å². The lowest BCUT2D eigenvalue weighted by Crippen LogP contribution is -2.41. The Balaban J connectivity index is 1.66. The second kappa shape index (κ2) is 6.83. The number of esters is 1. The second-order valence-electron chi connectivity index (χ2n) is 6.54. The van der Waals surface area contributed by atoms with Gasteiger partial charge in [-0.3, -0.25) is 9.69 Å². The summed E-state index contributed by atoms with van der Waals surface area (Å²) in [6.07, 6.45) is -0.976. The first-order valence-corrected chi connectivity index (χ1v) is 9.29. The van der Waals surface area contributed by atoms with Gasteiger partial charge in [-0.25, -0.2) is 4.79 Å². The summed E-state index contributed by atoms with van der Waals surface area (Å²) in [4.78, 5) is 27.6. The summed E-state index contributed by atoms with van der Waals surface area (Å²) in [6, 6.07) is 18.8. The molecule has 144 valence electrons. The van der Waals surface area contributed by atoms with Gasteiger partial charge in [0.2, 0.25) is 13.0 Å². The minimum absolute atomic E-state index is 0.119. The van der Waals surface area contributed by atoms with E-state index in [2.05, 4.69) is 0 Å². The average molecular weight is 408 g/mol. The van der Waals surface area contributed by atoms with Crippen molar-refractivity contribution in [1.29, 1.82) is 0 Å². The summed E-state index contributed by atoms with van der Waals surface area (Å²) < 4.78 is 16.5.